The first-order valence-corrected chi connectivity index (χ1v) is 11.2. The lowest BCUT2D eigenvalue weighted by Gasteiger charge is -2.16. The molecule has 0 radical (unpaired) electrons. The number of carbonyl (C=O) groups is 1. The maximum absolute atomic E-state index is 12.4. The lowest BCUT2D eigenvalue weighted by atomic mass is 10.1. The number of benzene rings is 2. The van der Waals surface area contributed by atoms with E-state index in [2.05, 4.69) is 22.1 Å². The molecular formula is C23H25ClN4O2S. The number of carbonyl (C=O) groups excluding carboxylic acids is 1. The van der Waals surface area contributed by atoms with Gasteiger partial charge in [-0.1, -0.05) is 47.6 Å². The molecule has 31 heavy (non-hydrogen) atoms. The van der Waals surface area contributed by atoms with Gasteiger partial charge in [0.25, 0.3) is 0 Å². The predicted molar refractivity (Wildman–Crippen MR) is 126 cm³/mol. The third kappa shape index (κ3) is 5.89. The quantitative estimate of drug-likeness (QED) is 0.335. The van der Waals surface area contributed by atoms with E-state index in [1.807, 2.05) is 55.7 Å². The van der Waals surface area contributed by atoms with E-state index in [4.69, 9.17) is 16.3 Å². The molecule has 162 valence electrons. The smallest absolute Gasteiger partial charge is 0.234 e. The maximum atomic E-state index is 12.4. The minimum absolute atomic E-state index is 0.108. The van der Waals surface area contributed by atoms with Gasteiger partial charge in [0.1, 0.15) is 5.75 Å². The van der Waals surface area contributed by atoms with Crippen LogP contribution in [-0.2, 0) is 11.3 Å². The highest BCUT2D eigenvalue weighted by atomic mass is 35.5. The number of para-hydroxylation sites is 1. The van der Waals surface area contributed by atoms with Crippen molar-refractivity contribution in [3.63, 3.8) is 0 Å². The minimum Gasteiger partial charge on any atom is -0.481 e. The first kappa shape index (κ1) is 22.9. The standard InChI is InChI=1S/C23H25ClN4O2S/c1-5-12-28-22(17(4)30-20-9-7-6-8-19(20)24)26-27-23(28)31-14-21(29)25-18-11-10-15(2)16(3)13-18/h5-11,13,17H,1,12,14H2,2-4H3,(H,25,29). The molecule has 0 aliphatic rings. The van der Waals surface area contributed by atoms with Crippen LogP contribution in [0.25, 0.3) is 0 Å². The summed E-state index contributed by atoms with van der Waals surface area (Å²) in [6, 6.07) is 13.1. The van der Waals surface area contributed by atoms with Crippen LogP contribution in [0.3, 0.4) is 0 Å². The van der Waals surface area contributed by atoms with E-state index in [0.29, 0.717) is 28.3 Å². The zero-order chi connectivity index (χ0) is 22.4. The summed E-state index contributed by atoms with van der Waals surface area (Å²) in [5.41, 5.74) is 3.10. The van der Waals surface area contributed by atoms with Crippen molar-refractivity contribution >= 4 is 35.0 Å². The summed E-state index contributed by atoms with van der Waals surface area (Å²) in [7, 11) is 0. The number of hydrogen-bond donors (Lipinski definition) is 1. The van der Waals surface area contributed by atoms with Crippen molar-refractivity contribution in [2.45, 2.75) is 38.6 Å². The molecule has 0 fully saturated rings. The van der Waals surface area contributed by atoms with Gasteiger partial charge in [0.2, 0.25) is 5.91 Å². The van der Waals surface area contributed by atoms with Gasteiger partial charge < -0.3 is 10.1 Å². The molecular weight excluding hydrogens is 432 g/mol. The van der Waals surface area contributed by atoms with Gasteiger partial charge in [-0.3, -0.25) is 9.36 Å². The Morgan fingerprint density at radius 3 is 2.74 bits per heavy atom. The van der Waals surface area contributed by atoms with Crippen LogP contribution in [0.2, 0.25) is 5.02 Å². The van der Waals surface area contributed by atoms with Gasteiger partial charge in [0, 0.05) is 12.2 Å². The Morgan fingerprint density at radius 1 is 1.26 bits per heavy atom. The molecule has 1 N–H and O–H groups in total. The summed E-state index contributed by atoms with van der Waals surface area (Å²) in [5, 5.41) is 12.6. The molecule has 2 aromatic carbocycles. The number of anilines is 1. The first-order valence-electron chi connectivity index (χ1n) is 9.84. The normalized spacial score (nSPS) is 11.7. The molecule has 1 heterocycles. The summed E-state index contributed by atoms with van der Waals surface area (Å²) in [5.74, 6) is 1.31. The van der Waals surface area contributed by atoms with Crippen LogP contribution in [0.1, 0.15) is 30.0 Å². The lowest BCUT2D eigenvalue weighted by molar-refractivity contribution is -0.113. The van der Waals surface area contributed by atoms with Crippen LogP contribution >= 0.6 is 23.4 Å². The average Bonchev–Trinajstić information content (AvgIpc) is 3.14. The third-order valence-corrected chi connectivity index (χ3v) is 5.96. The van der Waals surface area contributed by atoms with Gasteiger partial charge in [-0.25, -0.2) is 0 Å². The van der Waals surface area contributed by atoms with Crippen molar-refractivity contribution in [3.8, 4) is 5.75 Å². The van der Waals surface area contributed by atoms with Crippen molar-refractivity contribution in [1.29, 1.82) is 0 Å². The summed E-state index contributed by atoms with van der Waals surface area (Å²) in [4.78, 5) is 12.4. The van der Waals surface area contributed by atoms with Crippen LogP contribution in [0.4, 0.5) is 5.69 Å². The number of nitrogens with zero attached hydrogens (tertiary/aromatic N) is 3. The minimum atomic E-state index is -0.383. The van der Waals surface area contributed by atoms with Crippen molar-refractivity contribution < 1.29 is 9.53 Å². The molecule has 1 unspecified atom stereocenters. The fourth-order valence-electron chi connectivity index (χ4n) is 2.94. The summed E-state index contributed by atoms with van der Waals surface area (Å²) < 4.78 is 7.87. The molecule has 1 atom stereocenters. The van der Waals surface area contributed by atoms with Crippen molar-refractivity contribution in [3.05, 3.63) is 77.1 Å². The van der Waals surface area contributed by atoms with Crippen LogP contribution in [0.5, 0.6) is 5.75 Å². The molecule has 0 aliphatic carbocycles. The highest BCUT2D eigenvalue weighted by molar-refractivity contribution is 7.99. The molecule has 8 heteroatoms. The summed E-state index contributed by atoms with van der Waals surface area (Å²) in [6.45, 7) is 10.3. The Bertz CT molecular complexity index is 1080. The molecule has 0 bridgehead atoms. The van der Waals surface area contributed by atoms with Crippen molar-refractivity contribution in [2.24, 2.45) is 0 Å². The number of aromatic nitrogens is 3. The van der Waals surface area contributed by atoms with E-state index in [9.17, 15) is 4.79 Å². The summed E-state index contributed by atoms with van der Waals surface area (Å²) in [6.07, 6.45) is 1.37. The number of amides is 1. The highest BCUT2D eigenvalue weighted by Gasteiger charge is 2.20. The highest BCUT2D eigenvalue weighted by Crippen LogP contribution is 2.29. The number of thioether (sulfide) groups is 1. The fraction of sp³-hybridized carbons (Fsp3) is 0.261. The predicted octanol–water partition coefficient (Wildman–Crippen LogP) is 5.61. The Balaban J connectivity index is 1.68. The zero-order valence-corrected chi connectivity index (χ0v) is 19.3. The van der Waals surface area contributed by atoms with Crippen LogP contribution in [0.15, 0.2) is 60.3 Å². The van der Waals surface area contributed by atoms with E-state index in [1.54, 1.807) is 18.2 Å². The van der Waals surface area contributed by atoms with E-state index in [1.165, 1.54) is 17.3 Å². The van der Waals surface area contributed by atoms with Gasteiger partial charge >= 0.3 is 0 Å². The topological polar surface area (TPSA) is 69.0 Å². The Kier molecular flexibility index (Phi) is 7.76. The van der Waals surface area contributed by atoms with Gasteiger partial charge in [0.05, 0.1) is 10.8 Å². The second-order valence-corrected chi connectivity index (χ2v) is 8.42. The SMILES string of the molecule is C=CCn1c(SCC(=O)Nc2ccc(C)c(C)c2)nnc1C(C)Oc1ccccc1Cl. The second-order valence-electron chi connectivity index (χ2n) is 7.07. The molecule has 3 aromatic rings. The Labute approximate surface area is 191 Å². The molecule has 6 nitrogen and oxygen atoms in total. The molecule has 0 spiro atoms. The van der Waals surface area contributed by atoms with Crippen LogP contribution in [0, 0.1) is 13.8 Å². The molecule has 3 rings (SSSR count). The number of rotatable bonds is 9. The Morgan fingerprint density at radius 2 is 2.03 bits per heavy atom. The van der Waals surface area contributed by atoms with Gasteiger partial charge in [-0.2, -0.15) is 0 Å². The molecule has 1 amide bonds. The van der Waals surface area contributed by atoms with E-state index in [-0.39, 0.29) is 17.8 Å². The monoisotopic (exact) mass is 456 g/mol. The van der Waals surface area contributed by atoms with E-state index < -0.39 is 0 Å². The Hall–Kier alpha value is -2.77. The number of allylic oxidation sites excluding steroid dienone is 1. The number of aryl methyl sites for hydroxylation is 2. The summed E-state index contributed by atoms with van der Waals surface area (Å²) >= 11 is 7.52. The van der Waals surface area contributed by atoms with E-state index >= 15 is 0 Å². The van der Waals surface area contributed by atoms with Gasteiger partial charge in [-0.15, -0.1) is 16.8 Å². The van der Waals surface area contributed by atoms with Crippen molar-refractivity contribution in [1.82, 2.24) is 14.8 Å². The molecule has 0 saturated carbocycles. The third-order valence-electron chi connectivity index (χ3n) is 4.68. The number of halogens is 1. The molecule has 0 aliphatic heterocycles. The zero-order valence-electron chi connectivity index (χ0n) is 17.8. The number of nitrogens with one attached hydrogen (secondary N) is 1. The largest absolute Gasteiger partial charge is 0.481 e. The van der Waals surface area contributed by atoms with E-state index in [0.717, 1.165) is 11.3 Å². The lowest BCUT2D eigenvalue weighted by Crippen LogP contribution is -2.15. The van der Waals surface area contributed by atoms with Crippen molar-refractivity contribution in [2.75, 3.05) is 11.1 Å². The van der Waals surface area contributed by atoms with Gasteiger partial charge in [-0.05, 0) is 56.2 Å². The molecule has 0 saturated heterocycles. The van der Waals surface area contributed by atoms with Crippen LogP contribution in [-0.4, -0.2) is 26.4 Å². The first-order chi connectivity index (χ1) is 14.9. The van der Waals surface area contributed by atoms with Gasteiger partial charge in [0.15, 0.2) is 17.1 Å². The van der Waals surface area contributed by atoms with Crippen LogP contribution < -0.4 is 10.1 Å². The fourth-order valence-corrected chi connectivity index (χ4v) is 3.87. The second kappa shape index (κ2) is 10.5. The number of hydrogen-bond acceptors (Lipinski definition) is 5. The maximum Gasteiger partial charge on any atom is 0.234 e. The number of ether oxygens (including phenoxy) is 1. The average molecular weight is 457 g/mol. The molecule has 1 aromatic heterocycles.